The molecule has 0 aromatic rings. The number of nitrogens with zero attached hydrogens (tertiary/aromatic N) is 1. The van der Waals surface area contributed by atoms with Crippen molar-refractivity contribution in [2.24, 2.45) is 5.92 Å². The first-order valence-electron chi connectivity index (χ1n) is 6.12. The van der Waals surface area contributed by atoms with E-state index in [-0.39, 0.29) is 5.92 Å². The van der Waals surface area contributed by atoms with E-state index >= 15 is 0 Å². The fourth-order valence-corrected chi connectivity index (χ4v) is 2.70. The van der Waals surface area contributed by atoms with Gasteiger partial charge in [-0.3, -0.25) is 4.79 Å². The number of amides is 1. The first-order chi connectivity index (χ1) is 7.20. The van der Waals surface area contributed by atoms with E-state index in [0.717, 1.165) is 26.0 Å². The highest BCUT2D eigenvalue weighted by Crippen LogP contribution is 2.29. The van der Waals surface area contributed by atoms with Gasteiger partial charge in [0.25, 0.3) is 0 Å². The topological polar surface area (TPSA) is 29.5 Å². The van der Waals surface area contributed by atoms with Crippen molar-refractivity contribution in [1.29, 1.82) is 0 Å². The summed E-state index contributed by atoms with van der Waals surface area (Å²) < 4.78 is 5.75. The van der Waals surface area contributed by atoms with Gasteiger partial charge in [-0.1, -0.05) is 26.7 Å². The standard InChI is InChI=1S/C12H21NO2/c1-9(2)12(14)13-7-8-15-11-6-4-3-5-10(11)13/h9-11H,3-8H2,1-2H3. The number of carbonyl (C=O) groups excluding carboxylic acids is 1. The third-order valence-electron chi connectivity index (χ3n) is 3.51. The molecule has 86 valence electrons. The van der Waals surface area contributed by atoms with Crippen LogP contribution in [-0.4, -0.2) is 36.1 Å². The summed E-state index contributed by atoms with van der Waals surface area (Å²) in [4.78, 5) is 14.1. The summed E-state index contributed by atoms with van der Waals surface area (Å²) in [7, 11) is 0. The van der Waals surface area contributed by atoms with Crippen molar-refractivity contribution in [3.63, 3.8) is 0 Å². The van der Waals surface area contributed by atoms with E-state index in [4.69, 9.17) is 4.74 Å². The molecule has 1 heterocycles. The van der Waals surface area contributed by atoms with Gasteiger partial charge in [0, 0.05) is 12.5 Å². The molecule has 1 saturated carbocycles. The van der Waals surface area contributed by atoms with Crippen LogP contribution in [0.15, 0.2) is 0 Å². The predicted molar refractivity (Wildman–Crippen MR) is 58.5 cm³/mol. The van der Waals surface area contributed by atoms with Crippen molar-refractivity contribution < 1.29 is 9.53 Å². The fraction of sp³-hybridized carbons (Fsp3) is 0.917. The van der Waals surface area contributed by atoms with Crippen LogP contribution in [0, 0.1) is 5.92 Å². The summed E-state index contributed by atoms with van der Waals surface area (Å²) in [5, 5.41) is 0. The Morgan fingerprint density at radius 2 is 2.07 bits per heavy atom. The van der Waals surface area contributed by atoms with Crippen LogP contribution < -0.4 is 0 Å². The Bertz CT molecular complexity index is 238. The molecule has 2 aliphatic rings. The quantitative estimate of drug-likeness (QED) is 0.662. The summed E-state index contributed by atoms with van der Waals surface area (Å²) in [6, 6.07) is 0.363. The maximum absolute atomic E-state index is 12.0. The van der Waals surface area contributed by atoms with E-state index in [1.807, 2.05) is 13.8 Å². The number of hydrogen-bond donors (Lipinski definition) is 0. The maximum atomic E-state index is 12.0. The zero-order chi connectivity index (χ0) is 10.8. The molecule has 0 aromatic carbocycles. The van der Waals surface area contributed by atoms with Gasteiger partial charge in [-0.15, -0.1) is 0 Å². The largest absolute Gasteiger partial charge is 0.374 e. The lowest BCUT2D eigenvalue weighted by Crippen LogP contribution is -2.55. The van der Waals surface area contributed by atoms with Gasteiger partial charge in [-0.25, -0.2) is 0 Å². The fourth-order valence-electron chi connectivity index (χ4n) is 2.70. The average Bonchev–Trinajstić information content (AvgIpc) is 2.27. The summed E-state index contributed by atoms with van der Waals surface area (Å²) in [5.41, 5.74) is 0. The van der Waals surface area contributed by atoms with Gasteiger partial charge in [-0.05, 0) is 12.8 Å². The van der Waals surface area contributed by atoms with Gasteiger partial charge in [0.15, 0.2) is 0 Å². The van der Waals surface area contributed by atoms with E-state index in [1.165, 1.54) is 12.8 Å². The molecule has 0 bridgehead atoms. The monoisotopic (exact) mass is 211 g/mol. The molecule has 0 aromatic heterocycles. The number of fused-ring (bicyclic) bond motifs is 1. The Kier molecular flexibility index (Phi) is 3.29. The van der Waals surface area contributed by atoms with Crippen LogP contribution in [0.5, 0.6) is 0 Å². The number of hydrogen-bond acceptors (Lipinski definition) is 2. The molecule has 0 radical (unpaired) electrons. The van der Waals surface area contributed by atoms with Crippen molar-refractivity contribution >= 4 is 5.91 Å². The molecular weight excluding hydrogens is 190 g/mol. The van der Waals surface area contributed by atoms with E-state index < -0.39 is 0 Å². The van der Waals surface area contributed by atoms with Crippen LogP contribution in [-0.2, 0) is 9.53 Å². The number of ether oxygens (including phenoxy) is 1. The van der Waals surface area contributed by atoms with Gasteiger partial charge < -0.3 is 9.64 Å². The lowest BCUT2D eigenvalue weighted by molar-refractivity contribution is -0.152. The summed E-state index contributed by atoms with van der Waals surface area (Å²) in [5.74, 6) is 0.417. The van der Waals surface area contributed by atoms with Gasteiger partial charge in [0.2, 0.25) is 5.91 Å². The maximum Gasteiger partial charge on any atom is 0.225 e. The lowest BCUT2D eigenvalue weighted by Gasteiger charge is -2.44. The molecule has 2 unspecified atom stereocenters. The molecule has 1 amide bonds. The number of morpholine rings is 1. The second-order valence-electron chi connectivity index (χ2n) is 4.95. The highest BCUT2D eigenvalue weighted by molar-refractivity contribution is 5.78. The smallest absolute Gasteiger partial charge is 0.225 e. The number of rotatable bonds is 1. The van der Waals surface area contributed by atoms with Crippen LogP contribution in [0.2, 0.25) is 0 Å². The molecule has 3 nitrogen and oxygen atoms in total. The molecule has 1 aliphatic carbocycles. The second kappa shape index (κ2) is 4.52. The normalized spacial score (nSPS) is 31.5. The highest BCUT2D eigenvalue weighted by atomic mass is 16.5. The van der Waals surface area contributed by atoms with Crippen molar-refractivity contribution in [3.05, 3.63) is 0 Å². The Morgan fingerprint density at radius 3 is 2.80 bits per heavy atom. The Morgan fingerprint density at radius 1 is 1.33 bits per heavy atom. The van der Waals surface area contributed by atoms with Gasteiger partial charge in [0.05, 0.1) is 18.8 Å². The zero-order valence-corrected chi connectivity index (χ0v) is 9.74. The van der Waals surface area contributed by atoms with Crippen LogP contribution in [0.25, 0.3) is 0 Å². The molecular formula is C12H21NO2. The average molecular weight is 211 g/mol. The minimum atomic E-state index is 0.116. The first kappa shape index (κ1) is 10.9. The molecule has 0 N–H and O–H groups in total. The Balaban J connectivity index is 2.06. The SMILES string of the molecule is CC(C)C(=O)N1CCOC2CCCCC21. The van der Waals surface area contributed by atoms with E-state index in [1.54, 1.807) is 0 Å². The Hall–Kier alpha value is -0.570. The molecule has 2 fully saturated rings. The van der Waals surface area contributed by atoms with Crippen molar-refractivity contribution in [3.8, 4) is 0 Å². The molecule has 2 rings (SSSR count). The molecule has 1 saturated heterocycles. The third-order valence-corrected chi connectivity index (χ3v) is 3.51. The van der Waals surface area contributed by atoms with Gasteiger partial charge in [-0.2, -0.15) is 0 Å². The highest BCUT2D eigenvalue weighted by Gasteiger charge is 2.36. The Labute approximate surface area is 91.8 Å². The van der Waals surface area contributed by atoms with E-state index in [0.29, 0.717) is 18.1 Å². The molecule has 3 heteroatoms. The minimum Gasteiger partial charge on any atom is -0.374 e. The van der Waals surface area contributed by atoms with Crippen LogP contribution in [0.3, 0.4) is 0 Å². The third kappa shape index (κ3) is 2.17. The molecule has 2 atom stereocenters. The van der Waals surface area contributed by atoms with Crippen molar-refractivity contribution in [1.82, 2.24) is 4.90 Å². The zero-order valence-electron chi connectivity index (χ0n) is 9.74. The number of carbonyl (C=O) groups is 1. The lowest BCUT2D eigenvalue weighted by atomic mass is 9.89. The summed E-state index contributed by atoms with van der Waals surface area (Å²) in [6.45, 7) is 5.48. The van der Waals surface area contributed by atoms with Gasteiger partial charge >= 0.3 is 0 Å². The molecule has 1 aliphatic heterocycles. The summed E-state index contributed by atoms with van der Waals surface area (Å²) >= 11 is 0. The van der Waals surface area contributed by atoms with Gasteiger partial charge in [0.1, 0.15) is 0 Å². The predicted octanol–water partition coefficient (Wildman–Crippen LogP) is 1.81. The summed E-state index contributed by atoms with van der Waals surface area (Å²) in [6.07, 6.45) is 5.07. The second-order valence-corrected chi connectivity index (χ2v) is 4.95. The van der Waals surface area contributed by atoms with E-state index in [2.05, 4.69) is 4.90 Å². The van der Waals surface area contributed by atoms with Crippen molar-refractivity contribution in [2.75, 3.05) is 13.2 Å². The van der Waals surface area contributed by atoms with Crippen molar-refractivity contribution in [2.45, 2.75) is 51.7 Å². The minimum absolute atomic E-state index is 0.116. The van der Waals surface area contributed by atoms with Crippen LogP contribution >= 0.6 is 0 Å². The van der Waals surface area contributed by atoms with E-state index in [9.17, 15) is 4.79 Å². The first-order valence-corrected chi connectivity index (χ1v) is 6.12. The molecule has 0 spiro atoms. The molecule has 15 heavy (non-hydrogen) atoms. The van der Waals surface area contributed by atoms with Crippen LogP contribution in [0.1, 0.15) is 39.5 Å². The van der Waals surface area contributed by atoms with Crippen LogP contribution in [0.4, 0.5) is 0 Å².